The largest absolute Gasteiger partial charge is 0.507 e. The van der Waals surface area contributed by atoms with Crippen molar-refractivity contribution in [2.45, 2.75) is 19.6 Å². The van der Waals surface area contributed by atoms with Crippen LogP contribution in [-0.4, -0.2) is 53.8 Å². The molecule has 1 saturated heterocycles. The van der Waals surface area contributed by atoms with Gasteiger partial charge in [0, 0.05) is 18.7 Å². The van der Waals surface area contributed by atoms with Crippen LogP contribution in [0.3, 0.4) is 0 Å². The zero-order valence-electron chi connectivity index (χ0n) is 20.6. The van der Waals surface area contributed by atoms with Crippen LogP contribution in [0.4, 0.5) is 4.39 Å². The van der Waals surface area contributed by atoms with Crippen LogP contribution in [0.2, 0.25) is 0 Å². The number of likely N-dealkylation sites (tertiary alicyclic amines) is 1. The molecule has 1 heterocycles. The van der Waals surface area contributed by atoms with E-state index in [4.69, 9.17) is 4.74 Å². The number of hydrogen-bond acceptors (Lipinski definition) is 5. The van der Waals surface area contributed by atoms with E-state index in [9.17, 15) is 19.1 Å². The van der Waals surface area contributed by atoms with Crippen LogP contribution in [0.15, 0.2) is 78.4 Å². The highest BCUT2D eigenvalue weighted by atomic mass is 19.1. The normalized spacial score (nSPS) is 17.1. The molecule has 0 radical (unpaired) electrons. The maximum atomic E-state index is 13.6. The number of carbonyl (C=O) groups is 2. The van der Waals surface area contributed by atoms with Gasteiger partial charge in [-0.1, -0.05) is 42.5 Å². The van der Waals surface area contributed by atoms with Crippen molar-refractivity contribution in [2.75, 3.05) is 27.2 Å². The van der Waals surface area contributed by atoms with E-state index in [1.165, 1.54) is 29.2 Å². The van der Waals surface area contributed by atoms with Crippen LogP contribution in [0.5, 0.6) is 5.75 Å². The number of halogens is 1. The predicted molar refractivity (Wildman–Crippen MR) is 136 cm³/mol. The van der Waals surface area contributed by atoms with Crippen molar-refractivity contribution in [3.8, 4) is 5.75 Å². The molecule has 4 rings (SSSR count). The molecule has 6 nitrogen and oxygen atoms in total. The summed E-state index contributed by atoms with van der Waals surface area (Å²) in [5, 5.41) is 11.3. The lowest BCUT2D eigenvalue weighted by atomic mass is 9.94. The summed E-state index contributed by atoms with van der Waals surface area (Å²) in [6.45, 7) is 3.01. The van der Waals surface area contributed by atoms with Crippen molar-refractivity contribution in [1.82, 2.24) is 9.80 Å². The topological polar surface area (TPSA) is 70.1 Å². The molecule has 1 aliphatic rings. The lowest BCUT2D eigenvalue weighted by molar-refractivity contribution is -0.140. The third-order valence-electron chi connectivity index (χ3n) is 6.22. The van der Waals surface area contributed by atoms with E-state index in [0.717, 1.165) is 5.56 Å². The van der Waals surface area contributed by atoms with Gasteiger partial charge in [-0.25, -0.2) is 4.39 Å². The van der Waals surface area contributed by atoms with Gasteiger partial charge in [0.25, 0.3) is 11.7 Å². The first kappa shape index (κ1) is 25.1. The standard InChI is InChI=1S/C29H29FN2O4/c1-19-17-23(36-18-20-7-5-4-6-8-20)13-14-24(19)27(33)25-26(21-9-11-22(30)12-10-21)32(16-15-31(2)3)29(35)28(25)34/h4-14,17,26,33H,15-16,18H2,1-3H3/b27-25+/t26-/m0/s1. The Kier molecular flexibility index (Phi) is 7.50. The fraction of sp³-hybridized carbons (Fsp3) is 0.241. The SMILES string of the molecule is Cc1cc(OCc2ccccc2)ccc1/C(O)=C1\C(=O)C(=O)N(CCN(C)C)[C@H]1c1ccc(F)cc1. The summed E-state index contributed by atoms with van der Waals surface area (Å²) in [5.74, 6) is -1.51. The van der Waals surface area contributed by atoms with Crippen LogP contribution < -0.4 is 4.74 Å². The fourth-order valence-electron chi connectivity index (χ4n) is 4.29. The molecule has 0 spiro atoms. The molecule has 0 saturated carbocycles. The molecule has 0 bridgehead atoms. The van der Waals surface area contributed by atoms with Gasteiger partial charge in [-0.3, -0.25) is 9.59 Å². The number of ketones is 1. The number of Topliss-reactive ketones (excluding diaryl/α,β-unsaturated/α-hetero) is 1. The number of carbonyl (C=O) groups excluding carboxylic acids is 2. The third-order valence-corrected chi connectivity index (χ3v) is 6.22. The summed E-state index contributed by atoms with van der Waals surface area (Å²) >= 11 is 0. The second-order valence-electron chi connectivity index (χ2n) is 9.10. The number of rotatable bonds is 8. The first-order valence-corrected chi connectivity index (χ1v) is 11.7. The number of nitrogens with zero attached hydrogens (tertiary/aromatic N) is 2. The molecule has 1 amide bonds. The molecule has 0 aromatic heterocycles. The Labute approximate surface area is 210 Å². The van der Waals surface area contributed by atoms with E-state index in [0.29, 0.717) is 35.6 Å². The molecule has 3 aromatic carbocycles. The maximum absolute atomic E-state index is 13.6. The average Bonchev–Trinajstić information content (AvgIpc) is 3.12. The number of aliphatic hydroxyl groups is 1. The van der Waals surface area contributed by atoms with Crippen molar-refractivity contribution in [3.05, 3.63) is 106 Å². The maximum Gasteiger partial charge on any atom is 0.295 e. The second kappa shape index (κ2) is 10.7. The van der Waals surface area contributed by atoms with Gasteiger partial charge in [-0.05, 0) is 68.0 Å². The second-order valence-corrected chi connectivity index (χ2v) is 9.10. The van der Waals surface area contributed by atoms with E-state index in [1.54, 1.807) is 25.1 Å². The molecule has 0 aliphatic carbocycles. The van der Waals surface area contributed by atoms with E-state index in [2.05, 4.69) is 0 Å². The molecule has 1 atom stereocenters. The molecule has 0 unspecified atom stereocenters. The number of aryl methyl sites for hydroxylation is 1. The van der Waals surface area contributed by atoms with E-state index in [1.807, 2.05) is 49.3 Å². The Bertz CT molecular complexity index is 1290. The zero-order chi connectivity index (χ0) is 25.8. The predicted octanol–water partition coefficient (Wildman–Crippen LogP) is 4.70. The quantitative estimate of drug-likeness (QED) is 0.283. The van der Waals surface area contributed by atoms with Crippen molar-refractivity contribution >= 4 is 17.4 Å². The minimum atomic E-state index is -0.820. The van der Waals surface area contributed by atoms with Gasteiger partial charge in [-0.2, -0.15) is 0 Å². The number of benzene rings is 3. The van der Waals surface area contributed by atoms with Gasteiger partial charge in [0.05, 0.1) is 11.6 Å². The van der Waals surface area contributed by atoms with Gasteiger partial charge in [-0.15, -0.1) is 0 Å². The van der Waals surface area contributed by atoms with Crippen molar-refractivity contribution < 1.29 is 23.8 Å². The van der Waals surface area contributed by atoms with E-state index in [-0.39, 0.29) is 17.9 Å². The molecule has 36 heavy (non-hydrogen) atoms. The summed E-state index contributed by atoms with van der Waals surface area (Å²) in [4.78, 5) is 29.5. The number of hydrogen-bond donors (Lipinski definition) is 1. The van der Waals surface area contributed by atoms with Gasteiger partial charge < -0.3 is 19.6 Å². The molecule has 3 aromatic rings. The van der Waals surface area contributed by atoms with Gasteiger partial charge in [0.1, 0.15) is 23.9 Å². The molecular weight excluding hydrogens is 459 g/mol. The van der Waals surface area contributed by atoms with Crippen LogP contribution in [0.25, 0.3) is 5.76 Å². The lowest BCUT2D eigenvalue weighted by Gasteiger charge is -2.26. The molecule has 7 heteroatoms. The molecule has 186 valence electrons. The third kappa shape index (κ3) is 5.31. The van der Waals surface area contributed by atoms with Gasteiger partial charge in [0.15, 0.2) is 0 Å². The van der Waals surface area contributed by atoms with Crippen LogP contribution in [0, 0.1) is 12.7 Å². The minimum absolute atomic E-state index is 0.00795. The average molecular weight is 489 g/mol. The molecule has 1 aliphatic heterocycles. The Morgan fingerprint density at radius 1 is 1.03 bits per heavy atom. The number of likely N-dealkylation sites (N-methyl/N-ethyl adjacent to an activating group) is 1. The monoisotopic (exact) mass is 488 g/mol. The minimum Gasteiger partial charge on any atom is -0.507 e. The Hall–Kier alpha value is -3.97. The van der Waals surface area contributed by atoms with Gasteiger partial charge in [0.2, 0.25) is 0 Å². The molecule has 1 N–H and O–H groups in total. The van der Waals surface area contributed by atoms with Crippen molar-refractivity contribution in [2.24, 2.45) is 0 Å². The Morgan fingerprint density at radius 2 is 1.72 bits per heavy atom. The van der Waals surface area contributed by atoms with Crippen LogP contribution >= 0.6 is 0 Å². The highest BCUT2D eigenvalue weighted by molar-refractivity contribution is 6.46. The Morgan fingerprint density at radius 3 is 2.36 bits per heavy atom. The summed E-state index contributed by atoms with van der Waals surface area (Å²) < 4.78 is 19.5. The van der Waals surface area contributed by atoms with Gasteiger partial charge >= 0.3 is 0 Å². The van der Waals surface area contributed by atoms with Crippen molar-refractivity contribution in [3.63, 3.8) is 0 Å². The summed E-state index contributed by atoms with van der Waals surface area (Å²) in [6, 6.07) is 19.8. The number of aliphatic hydroxyl groups excluding tert-OH is 1. The number of amides is 1. The number of ether oxygens (including phenoxy) is 1. The van der Waals surface area contributed by atoms with Crippen molar-refractivity contribution in [1.29, 1.82) is 0 Å². The van der Waals surface area contributed by atoms with Crippen LogP contribution in [-0.2, 0) is 16.2 Å². The summed E-state index contributed by atoms with van der Waals surface area (Å²) in [5.41, 5.74) is 2.69. The first-order chi connectivity index (χ1) is 17.3. The fourth-order valence-corrected chi connectivity index (χ4v) is 4.29. The summed E-state index contributed by atoms with van der Waals surface area (Å²) in [6.07, 6.45) is 0. The van der Waals surface area contributed by atoms with E-state index >= 15 is 0 Å². The lowest BCUT2D eigenvalue weighted by Crippen LogP contribution is -2.35. The zero-order valence-corrected chi connectivity index (χ0v) is 20.6. The smallest absolute Gasteiger partial charge is 0.295 e. The first-order valence-electron chi connectivity index (χ1n) is 11.7. The van der Waals surface area contributed by atoms with Crippen LogP contribution in [0.1, 0.15) is 28.3 Å². The van der Waals surface area contributed by atoms with E-state index < -0.39 is 23.5 Å². The Balaban J connectivity index is 1.70. The molecule has 1 fully saturated rings. The highest BCUT2D eigenvalue weighted by Crippen LogP contribution is 2.40. The molecular formula is C29H29FN2O4. The summed E-state index contributed by atoms with van der Waals surface area (Å²) in [7, 11) is 3.74. The highest BCUT2D eigenvalue weighted by Gasteiger charge is 2.46.